The van der Waals surface area contributed by atoms with E-state index in [0.29, 0.717) is 24.8 Å². The van der Waals surface area contributed by atoms with E-state index in [0.717, 1.165) is 12.8 Å². The molecule has 0 radical (unpaired) electrons. The minimum absolute atomic E-state index is 0.0744. The number of carbonyl (C=O) groups is 1. The Labute approximate surface area is 165 Å². The summed E-state index contributed by atoms with van der Waals surface area (Å²) in [4.78, 5) is 15.4. The van der Waals surface area contributed by atoms with E-state index in [1.807, 2.05) is 0 Å². The third-order valence-electron chi connectivity index (χ3n) is 5.52. The molecule has 0 spiro atoms. The lowest BCUT2D eigenvalue weighted by molar-refractivity contribution is -0.206. The molecule has 1 aliphatic carbocycles. The molecule has 27 heavy (non-hydrogen) atoms. The Morgan fingerprint density at radius 2 is 1.78 bits per heavy atom. The van der Waals surface area contributed by atoms with Crippen molar-refractivity contribution in [1.82, 2.24) is 10.3 Å². The predicted molar refractivity (Wildman–Crippen MR) is 95.6 cm³/mol. The van der Waals surface area contributed by atoms with Crippen molar-refractivity contribution < 1.29 is 22.7 Å². The Hall–Kier alpha value is -1.05. The van der Waals surface area contributed by atoms with Crippen molar-refractivity contribution in [1.29, 1.82) is 0 Å². The molecule has 1 aromatic heterocycles. The van der Waals surface area contributed by atoms with E-state index in [1.165, 1.54) is 31.7 Å². The molecule has 2 heterocycles. The molecule has 1 saturated heterocycles. The Bertz CT molecular complexity index is 661. The van der Waals surface area contributed by atoms with E-state index in [9.17, 15) is 18.0 Å². The number of halogens is 5. The van der Waals surface area contributed by atoms with Crippen molar-refractivity contribution in [3.8, 4) is 0 Å². The second-order valence-electron chi connectivity index (χ2n) is 7.25. The maximum atomic E-state index is 12.8. The van der Waals surface area contributed by atoms with Gasteiger partial charge in [-0.1, -0.05) is 55.3 Å². The summed E-state index contributed by atoms with van der Waals surface area (Å²) in [5.74, 6) is -1.38. The molecule has 9 heteroatoms. The standard InChI is InChI=1S/C18H21Cl2F3N2O2/c19-12-8-24-9-13(20)15(12)16(27-17(26)18(21,22)23)14-6-11(7-25-14)10-4-2-1-3-5-10/h8-11,14,16,25H,1-7H2/t11-,14+,16-/m1/s1. The zero-order valence-corrected chi connectivity index (χ0v) is 16.1. The van der Waals surface area contributed by atoms with Gasteiger partial charge in [-0.2, -0.15) is 13.2 Å². The maximum absolute atomic E-state index is 12.8. The molecule has 150 valence electrons. The molecule has 2 aliphatic rings. The number of pyridine rings is 1. The van der Waals surface area contributed by atoms with Crippen molar-refractivity contribution in [2.75, 3.05) is 6.54 Å². The average Bonchev–Trinajstić information content (AvgIpc) is 3.10. The van der Waals surface area contributed by atoms with E-state index in [-0.39, 0.29) is 15.6 Å². The van der Waals surface area contributed by atoms with Crippen LogP contribution in [0.2, 0.25) is 10.0 Å². The van der Waals surface area contributed by atoms with E-state index >= 15 is 0 Å². The Morgan fingerprint density at radius 3 is 2.37 bits per heavy atom. The van der Waals surface area contributed by atoms with Crippen LogP contribution in [0.5, 0.6) is 0 Å². The van der Waals surface area contributed by atoms with Crippen LogP contribution in [0, 0.1) is 11.8 Å². The van der Waals surface area contributed by atoms with E-state index in [4.69, 9.17) is 27.9 Å². The highest BCUT2D eigenvalue weighted by Crippen LogP contribution is 2.41. The molecule has 3 atom stereocenters. The quantitative estimate of drug-likeness (QED) is 0.683. The molecule has 0 amide bonds. The summed E-state index contributed by atoms with van der Waals surface area (Å²) in [6, 6.07) is -0.486. The molecule has 1 N–H and O–H groups in total. The van der Waals surface area contributed by atoms with Gasteiger partial charge in [-0.15, -0.1) is 0 Å². The van der Waals surface area contributed by atoms with Crippen LogP contribution < -0.4 is 5.32 Å². The van der Waals surface area contributed by atoms with Gasteiger partial charge in [-0.05, 0) is 24.8 Å². The van der Waals surface area contributed by atoms with E-state index < -0.39 is 24.3 Å². The van der Waals surface area contributed by atoms with Gasteiger partial charge in [0.2, 0.25) is 0 Å². The molecule has 0 bridgehead atoms. The molecular formula is C18H21Cl2F3N2O2. The van der Waals surface area contributed by atoms with Gasteiger partial charge in [0.05, 0.1) is 10.0 Å². The summed E-state index contributed by atoms with van der Waals surface area (Å²) >= 11 is 12.3. The summed E-state index contributed by atoms with van der Waals surface area (Å²) in [7, 11) is 0. The van der Waals surface area contributed by atoms with Crippen LogP contribution in [0.1, 0.15) is 50.2 Å². The van der Waals surface area contributed by atoms with Crippen molar-refractivity contribution in [3.05, 3.63) is 28.0 Å². The summed E-state index contributed by atoms with van der Waals surface area (Å²) in [5.41, 5.74) is 0.160. The molecule has 1 aliphatic heterocycles. The van der Waals surface area contributed by atoms with Crippen molar-refractivity contribution in [2.24, 2.45) is 11.8 Å². The Kier molecular flexibility index (Phi) is 6.54. The zero-order chi connectivity index (χ0) is 19.6. The number of carbonyl (C=O) groups excluding carboxylic acids is 1. The summed E-state index contributed by atoms with van der Waals surface area (Å²) in [5, 5.41) is 3.38. The topological polar surface area (TPSA) is 51.2 Å². The van der Waals surface area contributed by atoms with Crippen LogP contribution in [-0.4, -0.2) is 29.7 Å². The first-order chi connectivity index (χ1) is 12.8. The SMILES string of the molecule is O=C(O[C@@H](c1c(Cl)cncc1Cl)[C@@H]1C[C@@H](C2CCCCC2)CN1)C(F)(F)F. The first kappa shape index (κ1) is 20.7. The number of hydrogen-bond acceptors (Lipinski definition) is 4. The maximum Gasteiger partial charge on any atom is 0.490 e. The normalized spacial score (nSPS) is 25.4. The number of nitrogens with zero attached hydrogens (tertiary/aromatic N) is 1. The summed E-state index contributed by atoms with van der Waals surface area (Å²) < 4.78 is 43.3. The van der Waals surface area contributed by atoms with Gasteiger partial charge in [0.1, 0.15) is 6.10 Å². The predicted octanol–water partition coefficient (Wildman–Crippen LogP) is 5.09. The molecule has 0 aromatic carbocycles. The number of aromatic nitrogens is 1. The van der Waals surface area contributed by atoms with Gasteiger partial charge < -0.3 is 10.1 Å². The van der Waals surface area contributed by atoms with Crippen LogP contribution in [0.3, 0.4) is 0 Å². The minimum atomic E-state index is -5.09. The lowest BCUT2D eigenvalue weighted by Gasteiger charge is -2.28. The fourth-order valence-corrected chi connectivity index (χ4v) is 4.79. The summed E-state index contributed by atoms with van der Waals surface area (Å²) in [6.45, 7) is 0.676. The summed E-state index contributed by atoms with van der Waals surface area (Å²) in [6.07, 6.45) is 2.70. The molecule has 1 saturated carbocycles. The fraction of sp³-hybridized carbons (Fsp3) is 0.667. The van der Waals surface area contributed by atoms with Crippen molar-refractivity contribution in [3.63, 3.8) is 0 Å². The highest BCUT2D eigenvalue weighted by molar-refractivity contribution is 6.35. The monoisotopic (exact) mass is 424 g/mol. The van der Waals surface area contributed by atoms with Crippen LogP contribution >= 0.6 is 23.2 Å². The third kappa shape index (κ3) is 4.87. The van der Waals surface area contributed by atoms with Crippen LogP contribution in [0.25, 0.3) is 0 Å². The fourth-order valence-electron chi connectivity index (χ4n) is 4.21. The second kappa shape index (κ2) is 8.53. The number of esters is 1. The Morgan fingerprint density at radius 1 is 1.15 bits per heavy atom. The zero-order valence-electron chi connectivity index (χ0n) is 14.6. The molecule has 1 aromatic rings. The molecular weight excluding hydrogens is 404 g/mol. The Balaban J connectivity index is 1.83. The van der Waals surface area contributed by atoms with Crippen LogP contribution in [-0.2, 0) is 9.53 Å². The highest BCUT2D eigenvalue weighted by Gasteiger charge is 2.46. The number of rotatable bonds is 4. The first-order valence-electron chi connectivity index (χ1n) is 9.07. The largest absolute Gasteiger partial charge is 0.490 e. The van der Waals surface area contributed by atoms with Crippen LogP contribution in [0.4, 0.5) is 13.2 Å². The van der Waals surface area contributed by atoms with Gasteiger partial charge in [0, 0.05) is 24.0 Å². The lowest BCUT2D eigenvalue weighted by atomic mass is 9.78. The van der Waals surface area contributed by atoms with Gasteiger partial charge >= 0.3 is 12.1 Å². The highest BCUT2D eigenvalue weighted by atomic mass is 35.5. The second-order valence-corrected chi connectivity index (χ2v) is 8.06. The first-order valence-corrected chi connectivity index (χ1v) is 9.83. The molecule has 3 rings (SSSR count). The number of nitrogens with one attached hydrogen (secondary N) is 1. The molecule has 0 unspecified atom stereocenters. The number of hydrogen-bond donors (Lipinski definition) is 1. The number of alkyl halides is 3. The van der Waals surface area contributed by atoms with Crippen molar-refractivity contribution >= 4 is 29.2 Å². The minimum Gasteiger partial charge on any atom is -0.449 e. The van der Waals surface area contributed by atoms with Gasteiger partial charge in [-0.3, -0.25) is 4.98 Å². The number of ether oxygens (including phenoxy) is 1. The average molecular weight is 425 g/mol. The smallest absolute Gasteiger partial charge is 0.449 e. The molecule has 2 fully saturated rings. The molecule has 4 nitrogen and oxygen atoms in total. The van der Waals surface area contributed by atoms with Gasteiger partial charge in [0.25, 0.3) is 0 Å². The van der Waals surface area contributed by atoms with Gasteiger partial charge in [-0.25, -0.2) is 4.79 Å². The van der Waals surface area contributed by atoms with Crippen LogP contribution in [0.15, 0.2) is 12.4 Å². The third-order valence-corrected chi connectivity index (χ3v) is 6.12. The van der Waals surface area contributed by atoms with E-state index in [1.54, 1.807) is 0 Å². The van der Waals surface area contributed by atoms with Crippen molar-refractivity contribution in [2.45, 2.75) is 56.8 Å². The van der Waals surface area contributed by atoms with E-state index in [2.05, 4.69) is 10.3 Å². The van der Waals surface area contributed by atoms with Gasteiger partial charge in [0.15, 0.2) is 0 Å². The lowest BCUT2D eigenvalue weighted by Crippen LogP contribution is -2.36.